The second-order valence-electron chi connectivity index (χ2n) is 2.64. The van der Waals surface area contributed by atoms with Gasteiger partial charge in [0.1, 0.15) is 0 Å². The summed E-state index contributed by atoms with van der Waals surface area (Å²) in [4.78, 5) is 3.45. The van der Waals surface area contributed by atoms with E-state index >= 15 is 0 Å². The maximum atomic E-state index is 6.72. The summed E-state index contributed by atoms with van der Waals surface area (Å²) in [5.74, 6) is 1.60. The van der Waals surface area contributed by atoms with Gasteiger partial charge in [0.25, 0.3) is 6.17 Å². The number of hydrogen-bond donors (Lipinski definition) is 1. The first-order valence-electron chi connectivity index (χ1n) is 3.02. The van der Waals surface area contributed by atoms with Crippen molar-refractivity contribution >= 4 is 0 Å². The fourth-order valence-corrected chi connectivity index (χ4v) is 1.46. The molecule has 0 radical (unpaired) electrons. The van der Waals surface area contributed by atoms with Gasteiger partial charge >= 0.3 is 0 Å². The van der Waals surface area contributed by atoms with Crippen LogP contribution in [0.4, 0.5) is 0 Å². The van der Waals surface area contributed by atoms with Crippen molar-refractivity contribution in [3.05, 3.63) is 11.4 Å². The van der Waals surface area contributed by atoms with Gasteiger partial charge in [0.05, 0.1) is 5.92 Å². The molecule has 1 aliphatic carbocycles. The van der Waals surface area contributed by atoms with Gasteiger partial charge in [-0.2, -0.15) is 0 Å². The van der Waals surface area contributed by atoms with Gasteiger partial charge in [-0.25, -0.2) is 11.9 Å². The summed E-state index contributed by atoms with van der Waals surface area (Å²) >= 11 is 0. The van der Waals surface area contributed by atoms with Crippen molar-refractivity contribution in [2.75, 3.05) is 6.54 Å². The van der Waals surface area contributed by atoms with Crippen molar-refractivity contribution in [3.8, 4) is 0 Å². The molecular weight excluding hydrogens is 100 g/mol. The molecule has 1 saturated carbocycles. The Morgan fingerprint density at radius 1 is 1.62 bits per heavy atom. The van der Waals surface area contributed by atoms with E-state index in [0.717, 1.165) is 18.4 Å². The zero-order valence-electron chi connectivity index (χ0n) is 4.59. The Morgan fingerprint density at radius 3 is 2.75 bits per heavy atom. The van der Waals surface area contributed by atoms with E-state index in [9.17, 15) is 0 Å². The normalized spacial score (nSPS) is 50.1. The van der Waals surface area contributed by atoms with Gasteiger partial charge in [-0.1, -0.05) is 0 Å². The molecule has 1 N–H and O–H groups in total. The molecule has 2 nitrogen and oxygen atoms in total. The van der Waals surface area contributed by atoms with Crippen molar-refractivity contribution in [1.82, 2.24) is 5.32 Å². The number of nitrogens with zero attached hydrogens (tertiary/aromatic N) is 1. The molecule has 0 bridgehead atoms. The molecule has 0 aromatic heterocycles. The third kappa shape index (κ3) is 0.399. The van der Waals surface area contributed by atoms with Crippen LogP contribution >= 0.6 is 0 Å². The minimum Gasteiger partial charge on any atom is -0.296 e. The summed E-state index contributed by atoms with van der Waals surface area (Å²) < 4.78 is 0. The number of nitrogens with one attached hydrogen (secondary N) is 1. The minimum absolute atomic E-state index is 0.181. The van der Waals surface area contributed by atoms with Gasteiger partial charge in [-0.05, 0) is 12.3 Å². The van der Waals surface area contributed by atoms with Crippen molar-refractivity contribution < 1.29 is 0 Å². The third-order valence-corrected chi connectivity index (χ3v) is 2.11. The van der Waals surface area contributed by atoms with Gasteiger partial charge in [0, 0.05) is 6.54 Å². The number of hydrogen-bond acceptors (Lipinski definition) is 1. The molecule has 0 amide bonds. The van der Waals surface area contributed by atoms with Crippen LogP contribution in [0.5, 0.6) is 0 Å². The van der Waals surface area contributed by atoms with E-state index in [2.05, 4.69) is 10.2 Å². The van der Waals surface area contributed by atoms with Crippen LogP contribution in [0.3, 0.4) is 0 Å². The lowest BCUT2D eigenvalue weighted by molar-refractivity contribution is 0.626. The fraction of sp³-hybridized carbons (Fsp3) is 0.833. The molecule has 1 heterocycles. The number of rotatable bonds is 0. The zero-order chi connectivity index (χ0) is 5.56. The average molecular weight is 108 g/mol. The fourth-order valence-electron chi connectivity index (χ4n) is 1.46. The molecular formula is C6H8N2. The molecule has 0 unspecified atom stereocenters. The van der Waals surface area contributed by atoms with E-state index in [1.165, 1.54) is 6.42 Å². The SMILES string of the molecule is [C-]#[N+][C@H]1NC[C@@H]2C[C@@H]21. The summed E-state index contributed by atoms with van der Waals surface area (Å²) in [5, 5.41) is 3.15. The molecule has 8 heavy (non-hydrogen) atoms. The Hall–Kier alpha value is -0.550. The van der Waals surface area contributed by atoms with Crippen LogP contribution in [0.25, 0.3) is 4.85 Å². The largest absolute Gasteiger partial charge is 0.296 e. The van der Waals surface area contributed by atoms with E-state index in [4.69, 9.17) is 6.57 Å². The van der Waals surface area contributed by atoms with Crippen LogP contribution in [-0.2, 0) is 0 Å². The number of fused-ring (bicyclic) bond motifs is 1. The summed E-state index contributed by atoms with van der Waals surface area (Å²) in [7, 11) is 0. The second kappa shape index (κ2) is 1.24. The maximum Gasteiger partial charge on any atom is 0.280 e. The van der Waals surface area contributed by atoms with Gasteiger partial charge < -0.3 is 0 Å². The molecule has 2 aliphatic rings. The molecule has 2 fully saturated rings. The lowest BCUT2D eigenvalue weighted by atomic mass is 10.3. The molecule has 1 aliphatic heterocycles. The summed E-state index contributed by atoms with van der Waals surface area (Å²) in [6, 6.07) is 0. The Balaban J connectivity index is 2.09. The van der Waals surface area contributed by atoms with Gasteiger partial charge in [-0.3, -0.25) is 4.85 Å². The highest BCUT2D eigenvalue weighted by atomic mass is 15.1. The Labute approximate surface area is 48.7 Å². The molecule has 3 atom stereocenters. The van der Waals surface area contributed by atoms with Crippen LogP contribution < -0.4 is 5.32 Å². The van der Waals surface area contributed by atoms with E-state index < -0.39 is 0 Å². The van der Waals surface area contributed by atoms with Crippen molar-refractivity contribution in [1.29, 1.82) is 0 Å². The molecule has 2 heteroatoms. The van der Waals surface area contributed by atoms with Crippen LogP contribution in [-0.4, -0.2) is 12.7 Å². The highest BCUT2D eigenvalue weighted by Gasteiger charge is 2.52. The first-order chi connectivity index (χ1) is 3.92. The van der Waals surface area contributed by atoms with Crippen LogP contribution in [0.1, 0.15) is 6.42 Å². The maximum absolute atomic E-state index is 6.72. The highest BCUT2D eigenvalue weighted by molar-refractivity contribution is 5.05. The highest BCUT2D eigenvalue weighted by Crippen LogP contribution is 2.45. The van der Waals surface area contributed by atoms with Gasteiger partial charge in [-0.15, -0.1) is 0 Å². The van der Waals surface area contributed by atoms with E-state index in [1.807, 2.05) is 0 Å². The lowest BCUT2D eigenvalue weighted by Gasteiger charge is -1.95. The summed E-state index contributed by atoms with van der Waals surface area (Å²) in [6.45, 7) is 7.81. The third-order valence-electron chi connectivity index (χ3n) is 2.11. The van der Waals surface area contributed by atoms with E-state index in [1.54, 1.807) is 0 Å². The van der Waals surface area contributed by atoms with E-state index in [0.29, 0.717) is 0 Å². The van der Waals surface area contributed by atoms with E-state index in [-0.39, 0.29) is 6.17 Å². The lowest BCUT2D eigenvalue weighted by Crippen LogP contribution is -2.21. The monoisotopic (exact) mass is 108 g/mol. The standard InChI is InChI=1S/C6H8N2/c1-7-6-5-2-4(5)3-8-6/h4-6,8H,2-3H2/t4-,5-,6-/m0/s1. The molecule has 42 valence electrons. The molecule has 1 saturated heterocycles. The predicted octanol–water partition coefficient (Wildman–Crippen LogP) is 0.471. The Bertz CT molecular complexity index is 147. The summed E-state index contributed by atoms with van der Waals surface area (Å²) in [6.07, 6.45) is 1.49. The molecule has 2 rings (SSSR count). The van der Waals surface area contributed by atoms with Crippen molar-refractivity contribution in [3.63, 3.8) is 0 Å². The topological polar surface area (TPSA) is 16.4 Å². The second-order valence-corrected chi connectivity index (χ2v) is 2.64. The zero-order valence-corrected chi connectivity index (χ0v) is 4.59. The van der Waals surface area contributed by atoms with Crippen LogP contribution in [0.15, 0.2) is 0 Å². The Kier molecular flexibility index (Phi) is 0.671. The van der Waals surface area contributed by atoms with Gasteiger partial charge in [0.15, 0.2) is 0 Å². The van der Waals surface area contributed by atoms with Crippen LogP contribution in [0.2, 0.25) is 0 Å². The van der Waals surface area contributed by atoms with Gasteiger partial charge in [0.2, 0.25) is 0 Å². The predicted molar refractivity (Wildman–Crippen MR) is 30.0 cm³/mol. The van der Waals surface area contributed by atoms with Crippen molar-refractivity contribution in [2.45, 2.75) is 12.6 Å². The molecule has 0 aromatic carbocycles. The Morgan fingerprint density at radius 2 is 2.50 bits per heavy atom. The first kappa shape index (κ1) is 4.34. The van der Waals surface area contributed by atoms with Crippen molar-refractivity contribution in [2.24, 2.45) is 11.8 Å². The van der Waals surface area contributed by atoms with Crippen LogP contribution in [0, 0.1) is 18.4 Å². The number of piperidine rings is 1. The quantitative estimate of drug-likeness (QED) is 0.446. The molecule has 0 spiro atoms. The molecule has 0 aromatic rings. The average Bonchev–Trinajstić information content (AvgIpc) is 2.46. The summed E-state index contributed by atoms with van der Waals surface area (Å²) in [5.41, 5.74) is 0. The smallest absolute Gasteiger partial charge is 0.280 e. The first-order valence-corrected chi connectivity index (χ1v) is 3.02. The minimum atomic E-state index is 0.181.